The zero-order valence-corrected chi connectivity index (χ0v) is 21.6. The molecule has 0 bridgehead atoms. The van der Waals surface area contributed by atoms with Crippen LogP contribution in [0.15, 0.2) is 66.2 Å². The second kappa shape index (κ2) is 15.3. The minimum absolute atomic E-state index is 0.634. The third-order valence-corrected chi connectivity index (χ3v) is 5.95. The van der Waals surface area contributed by atoms with Crippen LogP contribution in [-0.4, -0.2) is 18.1 Å². The average Bonchev–Trinajstić information content (AvgIpc) is 3.46. The maximum absolute atomic E-state index is 5.62. The smallest absolute Gasteiger partial charge is 0.179 e. The molecule has 4 aromatic rings. The van der Waals surface area contributed by atoms with E-state index in [0.717, 1.165) is 46.4 Å². The van der Waals surface area contributed by atoms with Crippen LogP contribution in [0.4, 0.5) is 37.9 Å². The fourth-order valence-corrected chi connectivity index (χ4v) is 3.76. The molecule has 0 unspecified atom stereocenters. The lowest BCUT2D eigenvalue weighted by molar-refractivity contribution is 0.876. The van der Waals surface area contributed by atoms with Gasteiger partial charge in [0.25, 0.3) is 0 Å². The Labute approximate surface area is 210 Å². The SMILES string of the molecule is CCN(CC)c1ccc(N)s1.Cc1cc(N)ccc1N.Nc1ccc(N)cc1.Nc1nccs1. The highest BCUT2D eigenvalue weighted by Gasteiger charge is 2.02. The van der Waals surface area contributed by atoms with Crippen molar-refractivity contribution in [3.05, 3.63) is 71.7 Å². The van der Waals surface area contributed by atoms with Gasteiger partial charge in [0.1, 0.15) is 0 Å². The number of hydrogen-bond donors (Lipinski definition) is 6. The first-order valence-electron chi connectivity index (χ1n) is 10.6. The molecule has 2 aromatic carbocycles. The number of thiophene rings is 1. The molecule has 8 nitrogen and oxygen atoms in total. The van der Waals surface area contributed by atoms with Crippen molar-refractivity contribution < 1.29 is 0 Å². The summed E-state index contributed by atoms with van der Waals surface area (Å²) in [4.78, 5) is 6.01. The number of aromatic nitrogens is 1. The normalized spacial score (nSPS) is 9.38. The van der Waals surface area contributed by atoms with Gasteiger partial charge >= 0.3 is 0 Å². The Hall–Kier alpha value is -3.63. The third-order valence-electron chi connectivity index (χ3n) is 4.37. The minimum Gasteiger partial charge on any atom is -0.399 e. The molecule has 0 saturated heterocycles. The first-order chi connectivity index (χ1) is 16.2. The molecule has 0 amide bonds. The van der Waals surface area contributed by atoms with Crippen LogP contribution >= 0.6 is 22.7 Å². The van der Waals surface area contributed by atoms with Crippen LogP contribution in [0.1, 0.15) is 19.4 Å². The van der Waals surface area contributed by atoms with Crippen molar-refractivity contribution in [2.45, 2.75) is 20.8 Å². The predicted octanol–water partition coefficient (Wildman–Crippen LogP) is 4.91. The zero-order valence-electron chi connectivity index (χ0n) is 19.9. The number of nitrogen functional groups attached to an aromatic ring is 6. The molecule has 34 heavy (non-hydrogen) atoms. The van der Waals surface area contributed by atoms with E-state index in [-0.39, 0.29) is 0 Å². The van der Waals surface area contributed by atoms with Crippen LogP contribution in [0, 0.1) is 6.92 Å². The number of benzene rings is 2. The molecule has 0 aliphatic carbocycles. The summed E-state index contributed by atoms with van der Waals surface area (Å²) < 4.78 is 0. The maximum Gasteiger partial charge on any atom is 0.179 e. The quantitative estimate of drug-likeness (QED) is 0.215. The second-order valence-corrected chi connectivity index (χ2v) is 9.02. The van der Waals surface area contributed by atoms with Crippen molar-refractivity contribution >= 4 is 60.6 Å². The first-order valence-corrected chi connectivity index (χ1v) is 12.3. The van der Waals surface area contributed by atoms with Crippen molar-refractivity contribution in [2.24, 2.45) is 0 Å². The maximum atomic E-state index is 5.62. The summed E-state index contributed by atoms with van der Waals surface area (Å²) in [7, 11) is 0. The summed E-state index contributed by atoms with van der Waals surface area (Å²) in [5, 5.41) is 4.64. The van der Waals surface area contributed by atoms with Gasteiger partial charge in [0, 0.05) is 47.4 Å². The fraction of sp³-hybridized carbons (Fsp3) is 0.208. The number of nitrogens with two attached hydrogens (primary N) is 6. The summed E-state index contributed by atoms with van der Waals surface area (Å²) >= 11 is 3.09. The van der Waals surface area contributed by atoms with E-state index >= 15 is 0 Å². The van der Waals surface area contributed by atoms with E-state index < -0.39 is 0 Å². The zero-order chi connectivity index (χ0) is 25.5. The predicted molar refractivity (Wildman–Crippen MR) is 154 cm³/mol. The van der Waals surface area contributed by atoms with Crippen molar-refractivity contribution in [1.82, 2.24) is 4.98 Å². The van der Waals surface area contributed by atoms with Crippen LogP contribution in [0.2, 0.25) is 0 Å². The molecule has 10 heteroatoms. The van der Waals surface area contributed by atoms with Crippen LogP contribution in [-0.2, 0) is 0 Å². The summed E-state index contributed by atoms with van der Waals surface area (Å²) in [6.45, 7) is 8.34. The summed E-state index contributed by atoms with van der Waals surface area (Å²) in [5.74, 6) is 0. The highest BCUT2D eigenvalue weighted by Crippen LogP contribution is 2.27. The molecule has 0 spiro atoms. The van der Waals surface area contributed by atoms with Crippen molar-refractivity contribution in [3.8, 4) is 0 Å². The molecule has 0 radical (unpaired) electrons. The van der Waals surface area contributed by atoms with E-state index in [2.05, 4.69) is 29.8 Å². The Bertz CT molecular complexity index is 1040. The van der Waals surface area contributed by atoms with Crippen LogP contribution in [0.25, 0.3) is 0 Å². The fourth-order valence-electron chi connectivity index (χ4n) is 2.48. The lowest BCUT2D eigenvalue weighted by Gasteiger charge is -2.17. The van der Waals surface area contributed by atoms with Crippen molar-refractivity contribution in [2.75, 3.05) is 52.4 Å². The number of anilines is 7. The lowest BCUT2D eigenvalue weighted by atomic mass is 10.2. The Balaban J connectivity index is 0.000000231. The van der Waals surface area contributed by atoms with E-state index in [1.807, 2.05) is 30.5 Å². The Morgan fingerprint density at radius 2 is 1.32 bits per heavy atom. The molecule has 2 heterocycles. The number of rotatable bonds is 3. The Morgan fingerprint density at radius 1 is 0.765 bits per heavy atom. The Morgan fingerprint density at radius 3 is 1.65 bits per heavy atom. The van der Waals surface area contributed by atoms with Gasteiger partial charge in [-0.2, -0.15) is 0 Å². The van der Waals surface area contributed by atoms with Crippen LogP contribution < -0.4 is 39.3 Å². The van der Waals surface area contributed by atoms with Crippen molar-refractivity contribution in [3.63, 3.8) is 0 Å². The third kappa shape index (κ3) is 11.3. The first kappa shape index (κ1) is 28.4. The molecule has 0 atom stereocenters. The standard InChI is InChI=1S/C8H14N2S.C7H10N2.C6H8N2.C3H4N2S/c1-3-10(4-2)8-6-5-7(9)11-8;1-5-4-6(8)2-3-7(5)9;7-5-1-2-6(8)4-3-5;4-3-5-1-2-6-3/h5-6H,3-4,9H2,1-2H3;2-4H,8-9H2,1H3;1-4H,7-8H2;1-2H,(H2,4,5). The van der Waals surface area contributed by atoms with Gasteiger partial charge in [-0.15, -0.1) is 22.7 Å². The van der Waals surface area contributed by atoms with Gasteiger partial charge in [-0.05, 0) is 80.9 Å². The summed E-state index contributed by atoms with van der Waals surface area (Å²) in [6.07, 6.45) is 1.68. The summed E-state index contributed by atoms with van der Waals surface area (Å²) in [6, 6.07) is 16.6. The van der Waals surface area contributed by atoms with E-state index in [0.29, 0.717) is 5.13 Å². The number of hydrogen-bond acceptors (Lipinski definition) is 10. The van der Waals surface area contributed by atoms with Gasteiger partial charge in [-0.25, -0.2) is 4.98 Å². The average molecular weight is 501 g/mol. The number of thiazole rings is 1. The monoisotopic (exact) mass is 500 g/mol. The molecule has 0 aliphatic heterocycles. The van der Waals surface area contributed by atoms with Gasteiger partial charge in [-0.1, -0.05) is 0 Å². The minimum atomic E-state index is 0.634. The second-order valence-electron chi connectivity index (χ2n) is 7.00. The molecule has 0 fully saturated rings. The van der Waals surface area contributed by atoms with Gasteiger partial charge in [-0.3, -0.25) is 0 Å². The number of nitrogens with zero attached hydrogens (tertiary/aromatic N) is 2. The van der Waals surface area contributed by atoms with E-state index in [4.69, 9.17) is 34.4 Å². The van der Waals surface area contributed by atoms with E-state index in [1.165, 1.54) is 16.3 Å². The topological polar surface area (TPSA) is 172 Å². The van der Waals surface area contributed by atoms with Crippen molar-refractivity contribution in [1.29, 1.82) is 0 Å². The van der Waals surface area contributed by atoms with Gasteiger partial charge in [0.15, 0.2) is 5.13 Å². The van der Waals surface area contributed by atoms with Gasteiger partial charge in [0.05, 0.1) is 10.0 Å². The van der Waals surface area contributed by atoms with Gasteiger partial charge < -0.3 is 39.3 Å². The Kier molecular flexibility index (Phi) is 12.7. The van der Waals surface area contributed by atoms with Crippen LogP contribution in [0.3, 0.4) is 0 Å². The lowest BCUT2D eigenvalue weighted by Crippen LogP contribution is -2.20. The van der Waals surface area contributed by atoms with E-state index in [1.54, 1.807) is 47.9 Å². The van der Waals surface area contributed by atoms with Gasteiger partial charge in [0.2, 0.25) is 0 Å². The molecule has 4 rings (SSSR count). The molecule has 12 N–H and O–H groups in total. The molecule has 184 valence electrons. The van der Waals surface area contributed by atoms with Crippen LogP contribution in [0.5, 0.6) is 0 Å². The summed E-state index contributed by atoms with van der Waals surface area (Å²) in [5.41, 5.74) is 36.6. The molecule has 2 aromatic heterocycles. The number of aryl methyl sites for hydroxylation is 1. The largest absolute Gasteiger partial charge is 0.399 e. The highest BCUT2D eigenvalue weighted by atomic mass is 32.1. The van der Waals surface area contributed by atoms with E-state index in [9.17, 15) is 0 Å². The molecular formula is C24H36N8S2. The molecule has 0 aliphatic rings. The molecular weight excluding hydrogens is 464 g/mol. The highest BCUT2D eigenvalue weighted by molar-refractivity contribution is 7.19. The molecule has 0 saturated carbocycles.